The Morgan fingerprint density at radius 3 is 2.44 bits per heavy atom. The number of fused-ring (bicyclic) bond motifs is 1. The number of hydrogen-bond acceptors (Lipinski definition) is 6. The summed E-state index contributed by atoms with van der Waals surface area (Å²) in [6.45, 7) is 3.07. The molecule has 9 heteroatoms. The second-order valence-corrected chi connectivity index (χ2v) is 10.4. The number of carboxylic acid groups (broad SMARTS) is 1. The molecule has 1 fully saturated rings. The summed E-state index contributed by atoms with van der Waals surface area (Å²) in [4.78, 5) is 21.5. The van der Waals surface area contributed by atoms with E-state index < -0.39 is 21.8 Å². The van der Waals surface area contributed by atoms with Gasteiger partial charge in [0, 0.05) is 0 Å². The number of methoxy groups -OCH3 is 2. The first-order chi connectivity index (χ1) is 15.5. The summed E-state index contributed by atoms with van der Waals surface area (Å²) in [5, 5.41) is 10.1. The summed E-state index contributed by atoms with van der Waals surface area (Å²) < 4.78 is 19.3. The molecule has 3 aromatic rings. The van der Waals surface area contributed by atoms with Crippen molar-refractivity contribution in [2.45, 2.75) is 25.9 Å². The Labute approximate surface area is 193 Å². The van der Waals surface area contributed by atoms with Crippen LogP contribution >= 0.6 is 0 Å². The second-order valence-electron chi connectivity index (χ2n) is 7.64. The number of carbonyl (C=O) groups is 1. The van der Waals surface area contributed by atoms with Crippen molar-refractivity contribution < 1.29 is 24.1 Å². The molecule has 0 spiro atoms. The predicted octanol–water partition coefficient (Wildman–Crippen LogP) is 1.86. The molecule has 0 bridgehead atoms. The van der Waals surface area contributed by atoms with Crippen LogP contribution in [0.25, 0.3) is 10.9 Å². The van der Waals surface area contributed by atoms with E-state index in [1.807, 2.05) is 25.1 Å². The van der Waals surface area contributed by atoms with Crippen molar-refractivity contribution in [1.82, 2.24) is 14.9 Å². The van der Waals surface area contributed by atoms with Gasteiger partial charge >= 0.3 is 193 Å². The molecule has 0 saturated carbocycles. The SMILES string of the molecule is COc1cc2ncnc([AsH]c3ccc(OC4CCN(C(=O)O)CC4)c(C)c3)c2cc1OC. The van der Waals surface area contributed by atoms with E-state index in [1.165, 1.54) is 9.25 Å². The number of rotatable bonds is 6. The first kappa shape index (κ1) is 22.2. The standard InChI is InChI=1S/C23H26AsN3O5/c1-14-10-15(4-5-19(14)32-16-6-8-27(9-7-16)23(28)29)24-22-17-11-20(30-2)21(31-3)12-18(17)25-13-26-22/h4-5,10-13,16,24H,6-9H2,1-3H3,(H,28,29). The quantitative estimate of drug-likeness (QED) is 0.518. The van der Waals surface area contributed by atoms with Gasteiger partial charge in [-0.3, -0.25) is 0 Å². The van der Waals surface area contributed by atoms with Crippen molar-refractivity contribution in [3.05, 3.63) is 42.2 Å². The molecule has 1 N–H and O–H groups in total. The normalized spacial score (nSPS) is 14.8. The third kappa shape index (κ3) is 4.75. The summed E-state index contributed by atoms with van der Waals surface area (Å²) in [6.07, 6.45) is 2.20. The molecule has 1 unspecified atom stereocenters. The molecular weight excluding hydrogens is 473 g/mol. The first-order valence-corrected chi connectivity index (χ1v) is 12.5. The predicted molar refractivity (Wildman–Crippen MR) is 123 cm³/mol. The summed E-state index contributed by atoms with van der Waals surface area (Å²) in [5.41, 5.74) is 1.91. The van der Waals surface area contributed by atoms with Crippen LogP contribution in [0.5, 0.6) is 17.2 Å². The number of ether oxygens (including phenoxy) is 3. The maximum atomic E-state index is 11.1. The van der Waals surface area contributed by atoms with Gasteiger partial charge in [0.25, 0.3) is 0 Å². The molecule has 8 nitrogen and oxygen atoms in total. The van der Waals surface area contributed by atoms with E-state index in [9.17, 15) is 4.79 Å². The van der Waals surface area contributed by atoms with Gasteiger partial charge in [0.1, 0.15) is 0 Å². The van der Waals surface area contributed by atoms with Gasteiger partial charge in [-0.15, -0.1) is 0 Å². The van der Waals surface area contributed by atoms with E-state index >= 15 is 0 Å². The Kier molecular flexibility index (Phi) is 6.70. The van der Waals surface area contributed by atoms with Crippen molar-refractivity contribution in [2.75, 3.05) is 27.3 Å². The molecule has 1 saturated heterocycles. The minimum atomic E-state index is -0.859. The number of aryl methyl sites for hydroxylation is 1. The van der Waals surface area contributed by atoms with E-state index in [4.69, 9.17) is 19.3 Å². The van der Waals surface area contributed by atoms with Gasteiger partial charge in [0.15, 0.2) is 0 Å². The molecule has 0 aliphatic carbocycles. The zero-order chi connectivity index (χ0) is 22.7. The molecule has 4 rings (SSSR count). The van der Waals surface area contributed by atoms with Crippen LogP contribution in [0, 0.1) is 6.92 Å². The Morgan fingerprint density at radius 1 is 1.06 bits per heavy atom. The summed E-state index contributed by atoms with van der Waals surface area (Å²) in [6, 6.07) is 10.1. The van der Waals surface area contributed by atoms with Crippen LogP contribution in [0.3, 0.4) is 0 Å². The fourth-order valence-corrected chi connectivity index (χ4v) is 6.31. The number of likely N-dealkylation sites (tertiary alicyclic amines) is 1. The van der Waals surface area contributed by atoms with Gasteiger partial charge < -0.3 is 0 Å². The average molecular weight is 499 g/mol. The van der Waals surface area contributed by atoms with Crippen molar-refractivity contribution in [2.24, 2.45) is 0 Å². The van der Waals surface area contributed by atoms with Crippen LogP contribution in [-0.2, 0) is 0 Å². The van der Waals surface area contributed by atoms with Gasteiger partial charge in [-0.05, 0) is 0 Å². The molecule has 1 aliphatic heterocycles. The van der Waals surface area contributed by atoms with Crippen LogP contribution in [0.2, 0.25) is 0 Å². The van der Waals surface area contributed by atoms with Crippen LogP contribution in [-0.4, -0.2) is 75.2 Å². The van der Waals surface area contributed by atoms with Crippen LogP contribution < -0.4 is 23.0 Å². The molecule has 1 atom stereocenters. The Bertz CT molecular complexity index is 1130. The maximum absolute atomic E-state index is 11.1. The number of amides is 1. The summed E-state index contributed by atoms with van der Waals surface area (Å²) >= 11 is -0.707. The molecule has 1 aromatic heterocycles. The van der Waals surface area contributed by atoms with Gasteiger partial charge in [0.05, 0.1) is 0 Å². The number of piperidine rings is 1. The fourth-order valence-electron chi connectivity index (χ4n) is 3.82. The zero-order valence-electron chi connectivity index (χ0n) is 18.3. The molecular formula is C23H26AsN3O5. The molecule has 1 amide bonds. The second kappa shape index (κ2) is 9.65. The number of benzene rings is 2. The fraction of sp³-hybridized carbons (Fsp3) is 0.348. The molecule has 1 aliphatic rings. The van der Waals surface area contributed by atoms with E-state index in [-0.39, 0.29) is 6.10 Å². The van der Waals surface area contributed by atoms with Crippen molar-refractivity contribution in [3.8, 4) is 17.2 Å². The van der Waals surface area contributed by atoms with E-state index in [1.54, 1.807) is 20.5 Å². The molecule has 168 valence electrons. The Morgan fingerprint density at radius 2 is 1.78 bits per heavy atom. The summed E-state index contributed by atoms with van der Waals surface area (Å²) in [7, 11) is 3.23. The third-order valence-corrected chi connectivity index (χ3v) is 8.18. The Balaban J connectivity index is 1.50. The van der Waals surface area contributed by atoms with Crippen molar-refractivity contribution >= 4 is 41.6 Å². The van der Waals surface area contributed by atoms with Crippen LogP contribution in [0.4, 0.5) is 4.79 Å². The molecule has 2 aromatic carbocycles. The number of hydrogen-bond donors (Lipinski definition) is 1. The van der Waals surface area contributed by atoms with Crippen LogP contribution in [0.15, 0.2) is 36.7 Å². The molecule has 0 radical (unpaired) electrons. The van der Waals surface area contributed by atoms with E-state index in [0.717, 1.165) is 26.7 Å². The monoisotopic (exact) mass is 499 g/mol. The van der Waals surface area contributed by atoms with E-state index in [2.05, 4.69) is 22.1 Å². The van der Waals surface area contributed by atoms with Crippen LogP contribution in [0.1, 0.15) is 18.4 Å². The topological polar surface area (TPSA) is 94.0 Å². The number of aromatic nitrogens is 2. The Hall–Kier alpha value is -2.99. The molecule has 2 heterocycles. The van der Waals surface area contributed by atoms with Gasteiger partial charge in [-0.25, -0.2) is 0 Å². The van der Waals surface area contributed by atoms with E-state index in [0.29, 0.717) is 37.4 Å². The number of nitrogens with zero attached hydrogens (tertiary/aromatic N) is 3. The minimum absolute atomic E-state index is 0.0411. The van der Waals surface area contributed by atoms with Crippen molar-refractivity contribution in [1.29, 1.82) is 0 Å². The average Bonchev–Trinajstić information content (AvgIpc) is 2.80. The van der Waals surface area contributed by atoms with Gasteiger partial charge in [-0.1, -0.05) is 0 Å². The third-order valence-electron chi connectivity index (χ3n) is 5.58. The zero-order valence-corrected chi connectivity index (χ0v) is 20.4. The molecule has 32 heavy (non-hydrogen) atoms. The first-order valence-electron chi connectivity index (χ1n) is 10.4. The summed E-state index contributed by atoms with van der Waals surface area (Å²) in [5.74, 6) is 2.17. The van der Waals surface area contributed by atoms with Gasteiger partial charge in [0.2, 0.25) is 0 Å². The van der Waals surface area contributed by atoms with Crippen molar-refractivity contribution in [3.63, 3.8) is 0 Å². The van der Waals surface area contributed by atoms with Gasteiger partial charge in [-0.2, -0.15) is 0 Å².